The minimum Gasteiger partial charge on any atom is -0.496 e. The van der Waals surface area contributed by atoms with Gasteiger partial charge in [-0.2, -0.15) is 0 Å². The maximum Gasteiger partial charge on any atom is 0.404 e. The zero-order chi connectivity index (χ0) is 33.5. The zero-order valence-electron chi connectivity index (χ0n) is 26.2. The summed E-state index contributed by atoms with van der Waals surface area (Å²) in [5.74, 6) is -0.191. The quantitative estimate of drug-likeness (QED) is 0.167. The van der Waals surface area contributed by atoms with Crippen LogP contribution in [0.5, 0.6) is 11.5 Å². The maximum absolute atomic E-state index is 14.2. The molecule has 0 aliphatic carbocycles. The van der Waals surface area contributed by atoms with Crippen molar-refractivity contribution < 1.29 is 33.8 Å². The van der Waals surface area contributed by atoms with Crippen LogP contribution in [0, 0.1) is 0 Å². The number of carboxylic acid groups (broad SMARTS) is 1. The third kappa shape index (κ3) is 7.22. The summed E-state index contributed by atoms with van der Waals surface area (Å²) in [4.78, 5) is 52.1. The monoisotopic (exact) mass is 639 g/mol. The minimum atomic E-state index is -1.12. The number of fused-ring (bicyclic) bond motifs is 2. The highest BCUT2D eigenvalue weighted by molar-refractivity contribution is 6.07. The van der Waals surface area contributed by atoms with Gasteiger partial charge in [-0.25, -0.2) is 4.79 Å². The van der Waals surface area contributed by atoms with Crippen LogP contribution in [-0.4, -0.2) is 60.3 Å². The molecule has 0 radical (unpaired) electrons. The van der Waals surface area contributed by atoms with E-state index in [0.717, 1.165) is 22.4 Å². The summed E-state index contributed by atoms with van der Waals surface area (Å²) in [6.07, 6.45) is 0.111. The molecule has 0 saturated heterocycles. The van der Waals surface area contributed by atoms with Crippen molar-refractivity contribution in [3.8, 4) is 22.6 Å². The number of nitrogens with two attached hydrogens (primary N) is 1. The van der Waals surface area contributed by atoms with Crippen LogP contribution in [0.3, 0.4) is 0 Å². The normalized spacial score (nSPS) is 12.6. The van der Waals surface area contributed by atoms with Gasteiger partial charge in [0.1, 0.15) is 23.2 Å². The highest BCUT2D eigenvalue weighted by Crippen LogP contribution is 2.38. The Morgan fingerprint density at radius 2 is 1.60 bits per heavy atom. The number of hydrogen-bond acceptors (Lipinski definition) is 6. The number of carbonyl (C=O) groups excluding carboxylic acids is 3. The number of carbonyl (C=O) groups is 4. The number of nitrogens with one attached hydrogen (secondary N) is 2. The number of nitrogens with zero attached hydrogens (tertiary/aromatic N) is 2. The maximum atomic E-state index is 14.2. The molecule has 12 nitrogen and oxygen atoms in total. The van der Waals surface area contributed by atoms with Crippen LogP contribution in [0.4, 0.5) is 10.5 Å². The number of primary amides is 1. The number of ether oxygens (including phenoxy) is 2. The lowest BCUT2D eigenvalue weighted by Gasteiger charge is -2.23. The summed E-state index contributed by atoms with van der Waals surface area (Å²) in [6, 6.07) is 23.0. The molecule has 1 atom stereocenters. The molecule has 2 heterocycles. The number of unbranched alkanes of at least 4 members (excludes halogenated alkanes) is 1. The Balaban J connectivity index is 1.40. The summed E-state index contributed by atoms with van der Waals surface area (Å²) >= 11 is 0. The molecule has 3 aromatic carbocycles. The van der Waals surface area contributed by atoms with Crippen LogP contribution in [0.2, 0.25) is 0 Å². The van der Waals surface area contributed by atoms with Crippen LogP contribution in [-0.2, 0) is 17.9 Å². The molecule has 1 aliphatic rings. The number of aromatic nitrogens is 1. The second-order valence-electron chi connectivity index (χ2n) is 11.1. The Hall–Kier alpha value is -5.78. The van der Waals surface area contributed by atoms with Gasteiger partial charge in [0.25, 0.3) is 11.8 Å². The third-order valence-electron chi connectivity index (χ3n) is 8.17. The molecule has 0 bridgehead atoms. The lowest BCUT2D eigenvalue weighted by atomic mass is 10.0. The molecular formula is C35H37N5O7. The van der Waals surface area contributed by atoms with Crippen molar-refractivity contribution in [2.45, 2.75) is 38.4 Å². The fourth-order valence-electron chi connectivity index (χ4n) is 5.80. The highest BCUT2D eigenvalue weighted by Gasteiger charge is 2.29. The van der Waals surface area contributed by atoms with Crippen molar-refractivity contribution in [2.24, 2.45) is 5.73 Å². The lowest BCUT2D eigenvalue weighted by molar-refractivity contribution is -0.120. The van der Waals surface area contributed by atoms with E-state index in [1.54, 1.807) is 43.4 Å². The molecule has 0 unspecified atom stereocenters. The number of anilines is 1. The summed E-state index contributed by atoms with van der Waals surface area (Å²) in [6.45, 7) is 0.743. The number of rotatable bonds is 12. The van der Waals surface area contributed by atoms with Crippen molar-refractivity contribution in [3.05, 3.63) is 101 Å². The third-order valence-corrected chi connectivity index (χ3v) is 8.17. The second kappa shape index (κ2) is 14.5. The molecule has 1 aliphatic heterocycles. The highest BCUT2D eigenvalue weighted by atomic mass is 16.5. The first-order valence-corrected chi connectivity index (χ1v) is 15.2. The Bertz CT molecular complexity index is 1800. The van der Waals surface area contributed by atoms with Gasteiger partial charge < -0.3 is 40.4 Å². The molecule has 4 amide bonds. The average molecular weight is 640 g/mol. The number of para-hydroxylation sites is 2. The molecule has 1 aromatic heterocycles. The zero-order valence-corrected chi connectivity index (χ0v) is 26.2. The van der Waals surface area contributed by atoms with Crippen LogP contribution in [0.15, 0.2) is 78.9 Å². The summed E-state index contributed by atoms with van der Waals surface area (Å²) in [5.41, 5.74) is 10.2. The second-order valence-corrected chi connectivity index (χ2v) is 11.1. The van der Waals surface area contributed by atoms with Crippen molar-refractivity contribution in [1.29, 1.82) is 0 Å². The molecule has 5 N–H and O–H groups in total. The van der Waals surface area contributed by atoms with Crippen molar-refractivity contribution in [2.75, 3.05) is 25.7 Å². The molecule has 244 valence electrons. The van der Waals surface area contributed by atoms with Gasteiger partial charge in [-0.15, -0.1) is 0 Å². The van der Waals surface area contributed by atoms with Gasteiger partial charge in [0.15, 0.2) is 0 Å². The molecule has 4 aromatic rings. The molecule has 0 fully saturated rings. The van der Waals surface area contributed by atoms with Crippen molar-refractivity contribution >= 4 is 29.5 Å². The topological polar surface area (TPSA) is 165 Å². The summed E-state index contributed by atoms with van der Waals surface area (Å²) < 4.78 is 13.1. The van der Waals surface area contributed by atoms with Crippen molar-refractivity contribution in [1.82, 2.24) is 15.2 Å². The first-order chi connectivity index (χ1) is 22.7. The van der Waals surface area contributed by atoms with Crippen LogP contribution < -0.4 is 30.7 Å². The first kappa shape index (κ1) is 32.6. The average Bonchev–Trinajstić information content (AvgIpc) is 3.39. The Kier molecular flexibility index (Phi) is 10.1. The van der Waals surface area contributed by atoms with Gasteiger partial charge in [0, 0.05) is 34.6 Å². The van der Waals surface area contributed by atoms with Crippen LogP contribution in [0.1, 0.15) is 51.4 Å². The molecular weight excluding hydrogens is 602 g/mol. The fraction of sp³-hybridized carbons (Fsp3) is 0.257. The molecule has 5 rings (SSSR count). The van der Waals surface area contributed by atoms with Crippen LogP contribution in [0.25, 0.3) is 11.1 Å². The van der Waals surface area contributed by atoms with E-state index in [1.165, 1.54) is 0 Å². The van der Waals surface area contributed by atoms with Gasteiger partial charge in [-0.05, 0) is 67.3 Å². The molecule has 0 saturated carbocycles. The molecule has 12 heteroatoms. The predicted molar refractivity (Wildman–Crippen MR) is 176 cm³/mol. The van der Waals surface area contributed by atoms with E-state index < -0.39 is 23.9 Å². The number of benzene rings is 3. The number of hydrogen-bond donors (Lipinski definition) is 4. The van der Waals surface area contributed by atoms with Gasteiger partial charge in [-0.3, -0.25) is 14.4 Å². The van der Waals surface area contributed by atoms with Gasteiger partial charge in [0.2, 0.25) is 5.91 Å². The minimum absolute atomic E-state index is 0.190. The first-order valence-electron chi connectivity index (χ1n) is 15.2. The van der Waals surface area contributed by atoms with E-state index in [0.29, 0.717) is 47.8 Å². The van der Waals surface area contributed by atoms with E-state index >= 15 is 0 Å². The van der Waals surface area contributed by atoms with Gasteiger partial charge in [0.05, 0.1) is 27.3 Å². The Morgan fingerprint density at radius 1 is 0.872 bits per heavy atom. The fourth-order valence-corrected chi connectivity index (χ4v) is 5.80. The van der Waals surface area contributed by atoms with E-state index in [4.69, 9.17) is 20.3 Å². The Morgan fingerprint density at radius 3 is 2.34 bits per heavy atom. The SMILES string of the molecule is COc1ccccc1-c1ccc(C(=O)N2Cc3ccc(C(=O)N[C@@H](CCCCNC(=O)O)C(N)=O)n3Cc3ccccc32)cc1OC. The predicted octanol–water partition coefficient (Wildman–Crippen LogP) is 4.40. The smallest absolute Gasteiger partial charge is 0.404 e. The molecule has 0 spiro atoms. The van der Waals surface area contributed by atoms with E-state index in [1.807, 2.05) is 59.2 Å². The lowest BCUT2D eigenvalue weighted by Crippen LogP contribution is -2.45. The van der Waals surface area contributed by atoms with E-state index in [2.05, 4.69) is 10.6 Å². The van der Waals surface area contributed by atoms with Crippen molar-refractivity contribution in [3.63, 3.8) is 0 Å². The standard InChI is InChI=1S/C35H37N5O7/c1-46-30-13-6-4-10-25(30)26-16-14-22(19-31(26)47-2)34(43)40-21-24-15-17-29(39(24)20-23-9-3-5-12-28(23)40)33(42)38-27(32(36)41)11-7-8-18-37-35(44)45/h3-6,9-10,12-17,19,27,37H,7-8,11,18,20-21H2,1-2H3,(H2,36,41)(H,38,42)(H,44,45)/t27-/m0/s1. The van der Waals surface area contributed by atoms with Gasteiger partial charge in [-0.1, -0.05) is 36.4 Å². The molecule has 47 heavy (non-hydrogen) atoms. The summed E-state index contributed by atoms with van der Waals surface area (Å²) in [5, 5.41) is 13.7. The Labute approximate surface area is 272 Å². The summed E-state index contributed by atoms with van der Waals surface area (Å²) in [7, 11) is 3.16. The van der Waals surface area contributed by atoms with Crippen LogP contribution >= 0.6 is 0 Å². The van der Waals surface area contributed by atoms with E-state index in [-0.39, 0.29) is 25.4 Å². The number of methoxy groups -OCH3 is 2. The number of amides is 4. The largest absolute Gasteiger partial charge is 0.496 e. The van der Waals surface area contributed by atoms with E-state index in [9.17, 15) is 19.2 Å². The van der Waals surface area contributed by atoms with Gasteiger partial charge >= 0.3 is 6.09 Å².